The molecule has 0 aliphatic carbocycles. The van der Waals surface area contributed by atoms with Crippen molar-refractivity contribution in [1.82, 2.24) is 9.21 Å². The number of carbonyl (C=O) groups excluding carboxylic acids is 1. The molecule has 1 saturated heterocycles. The SMILES string of the molecule is CCN(CC)S(=O)(=O)c1cccc(C(=O)N2CCC(F)(C(=O)O)C2)c1. The van der Waals surface area contributed by atoms with Crippen molar-refractivity contribution in [2.24, 2.45) is 0 Å². The van der Waals surface area contributed by atoms with Crippen LogP contribution in [0.3, 0.4) is 0 Å². The Kier molecular flexibility index (Phi) is 5.48. The van der Waals surface area contributed by atoms with Gasteiger partial charge in [-0.1, -0.05) is 19.9 Å². The molecule has 0 spiro atoms. The van der Waals surface area contributed by atoms with E-state index in [4.69, 9.17) is 5.11 Å². The van der Waals surface area contributed by atoms with E-state index in [0.29, 0.717) is 13.1 Å². The van der Waals surface area contributed by atoms with Crippen molar-refractivity contribution in [2.45, 2.75) is 30.8 Å². The molecule has 1 N–H and O–H groups in total. The molecule has 0 radical (unpaired) electrons. The average Bonchev–Trinajstić information content (AvgIpc) is 2.99. The summed E-state index contributed by atoms with van der Waals surface area (Å²) in [5, 5.41) is 8.91. The van der Waals surface area contributed by atoms with Crippen molar-refractivity contribution in [3.8, 4) is 0 Å². The van der Waals surface area contributed by atoms with Gasteiger partial charge in [0, 0.05) is 31.6 Å². The fourth-order valence-corrected chi connectivity index (χ4v) is 4.31. The van der Waals surface area contributed by atoms with Gasteiger partial charge in [-0.15, -0.1) is 0 Å². The molecule has 0 bridgehead atoms. The maximum absolute atomic E-state index is 14.1. The number of amides is 1. The van der Waals surface area contributed by atoms with Gasteiger partial charge in [0.25, 0.3) is 5.91 Å². The minimum absolute atomic E-state index is 0.0222. The monoisotopic (exact) mass is 372 g/mol. The molecule has 9 heteroatoms. The van der Waals surface area contributed by atoms with E-state index < -0.39 is 34.1 Å². The molecule has 1 amide bonds. The lowest BCUT2D eigenvalue weighted by Crippen LogP contribution is -2.39. The first-order chi connectivity index (χ1) is 11.7. The van der Waals surface area contributed by atoms with E-state index in [1.165, 1.54) is 28.6 Å². The average molecular weight is 372 g/mol. The number of benzene rings is 1. The van der Waals surface area contributed by atoms with Gasteiger partial charge in [-0.2, -0.15) is 4.31 Å². The molecule has 0 saturated carbocycles. The van der Waals surface area contributed by atoms with Crippen molar-refractivity contribution >= 4 is 21.9 Å². The molecule has 1 aromatic carbocycles. The van der Waals surface area contributed by atoms with E-state index in [0.717, 1.165) is 4.90 Å². The summed E-state index contributed by atoms with van der Waals surface area (Å²) in [5.74, 6) is -2.18. The van der Waals surface area contributed by atoms with Crippen molar-refractivity contribution in [2.75, 3.05) is 26.2 Å². The van der Waals surface area contributed by atoms with Crippen LogP contribution in [0.15, 0.2) is 29.2 Å². The van der Waals surface area contributed by atoms with Gasteiger partial charge in [0.05, 0.1) is 11.4 Å². The number of aliphatic carboxylic acids is 1. The standard InChI is InChI=1S/C16H21FN2O5S/c1-3-19(4-2)25(23,24)13-7-5-6-12(10-13)14(20)18-9-8-16(17,11-18)15(21)22/h5-7,10H,3-4,8-9,11H2,1-2H3,(H,21,22). The molecule has 1 aromatic rings. The van der Waals surface area contributed by atoms with Crippen LogP contribution in [-0.4, -0.2) is 66.5 Å². The maximum atomic E-state index is 14.1. The zero-order valence-corrected chi connectivity index (χ0v) is 14.9. The highest BCUT2D eigenvalue weighted by atomic mass is 32.2. The van der Waals surface area contributed by atoms with Gasteiger partial charge in [0.1, 0.15) is 0 Å². The molecule has 1 aliphatic rings. The Morgan fingerprint density at radius 2 is 1.96 bits per heavy atom. The molecule has 1 atom stereocenters. The smallest absolute Gasteiger partial charge is 0.343 e. The Balaban J connectivity index is 2.28. The number of likely N-dealkylation sites (tertiary alicyclic amines) is 1. The van der Waals surface area contributed by atoms with Gasteiger partial charge in [0.15, 0.2) is 0 Å². The summed E-state index contributed by atoms with van der Waals surface area (Å²) in [5.41, 5.74) is -2.37. The van der Waals surface area contributed by atoms with Crippen LogP contribution >= 0.6 is 0 Å². The molecule has 25 heavy (non-hydrogen) atoms. The van der Waals surface area contributed by atoms with Crippen LogP contribution in [0.2, 0.25) is 0 Å². The first-order valence-electron chi connectivity index (χ1n) is 7.97. The normalized spacial score (nSPS) is 20.9. The van der Waals surface area contributed by atoms with Crippen molar-refractivity contribution in [3.05, 3.63) is 29.8 Å². The van der Waals surface area contributed by atoms with E-state index in [1.807, 2.05) is 0 Å². The Morgan fingerprint density at radius 1 is 1.32 bits per heavy atom. The second-order valence-corrected chi connectivity index (χ2v) is 7.80. The minimum Gasteiger partial charge on any atom is -0.479 e. The first kappa shape index (κ1) is 19.3. The second kappa shape index (κ2) is 7.09. The molecule has 1 heterocycles. The number of hydrogen-bond donors (Lipinski definition) is 1. The number of carboxylic acids is 1. The lowest BCUT2D eigenvalue weighted by molar-refractivity contribution is -0.149. The van der Waals surface area contributed by atoms with Crippen LogP contribution in [0, 0.1) is 0 Å². The highest BCUT2D eigenvalue weighted by Gasteiger charge is 2.47. The van der Waals surface area contributed by atoms with E-state index in [1.54, 1.807) is 13.8 Å². The van der Waals surface area contributed by atoms with Crippen molar-refractivity contribution in [3.63, 3.8) is 0 Å². The lowest BCUT2D eigenvalue weighted by atomic mass is 10.1. The second-order valence-electron chi connectivity index (χ2n) is 5.86. The number of rotatable bonds is 6. The predicted octanol–water partition coefficient (Wildman–Crippen LogP) is 1.36. The number of hydrogen-bond acceptors (Lipinski definition) is 4. The van der Waals surface area contributed by atoms with Crippen molar-refractivity contribution in [1.29, 1.82) is 0 Å². The first-order valence-corrected chi connectivity index (χ1v) is 9.41. The van der Waals surface area contributed by atoms with Crippen LogP contribution in [0.5, 0.6) is 0 Å². The quantitative estimate of drug-likeness (QED) is 0.813. The fourth-order valence-electron chi connectivity index (χ4n) is 2.81. The number of halogens is 1. The summed E-state index contributed by atoms with van der Waals surface area (Å²) in [7, 11) is -3.72. The number of sulfonamides is 1. The number of nitrogens with zero attached hydrogens (tertiary/aromatic N) is 2. The number of alkyl halides is 1. The molecule has 1 aliphatic heterocycles. The summed E-state index contributed by atoms with van der Waals surface area (Å²) in [6.07, 6.45) is -0.286. The largest absolute Gasteiger partial charge is 0.479 e. The van der Waals surface area contributed by atoms with Crippen LogP contribution in [0.4, 0.5) is 4.39 Å². The van der Waals surface area contributed by atoms with E-state index in [2.05, 4.69) is 0 Å². The van der Waals surface area contributed by atoms with Crippen molar-refractivity contribution < 1.29 is 27.5 Å². The van der Waals surface area contributed by atoms with Gasteiger partial charge in [-0.25, -0.2) is 17.6 Å². The van der Waals surface area contributed by atoms with Gasteiger partial charge in [-0.3, -0.25) is 4.79 Å². The lowest BCUT2D eigenvalue weighted by Gasteiger charge is -2.20. The zero-order chi connectivity index (χ0) is 18.8. The summed E-state index contributed by atoms with van der Waals surface area (Å²) in [6.45, 7) is 3.45. The maximum Gasteiger partial charge on any atom is 0.343 e. The predicted molar refractivity (Wildman–Crippen MR) is 88.5 cm³/mol. The molecular weight excluding hydrogens is 351 g/mol. The van der Waals surface area contributed by atoms with E-state index in [-0.39, 0.29) is 23.4 Å². The summed E-state index contributed by atoms with van der Waals surface area (Å²) in [6, 6.07) is 5.52. The molecule has 7 nitrogen and oxygen atoms in total. The highest BCUT2D eigenvalue weighted by Crippen LogP contribution is 2.27. The van der Waals surface area contributed by atoms with Gasteiger partial charge >= 0.3 is 5.97 Å². The fraction of sp³-hybridized carbons (Fsp3) is 0.500. The molecule has 1 unspecified atom stereocenters. The third-order valence-electron chi connectivity index (χ3n) is 4.31. The summed E-state index contributed by atoms with van der Waals surface area (Å²) < 4.78 is 40.5. The third-order valence-corrected chi connectivity index (χ3v) is 6.36. The van der Waals surface area contributed by atoms with Crippen LogP contribution < -0.4 is 0 Å². The van der Waals surface area contributed by atoms with Gasteiger partial charge in [-0.05, 0) is 18.2 Å². The molecule has 0 aromatic heterocycles. The Bertz CT molecular complexity index is 778. The Morgan fingerprint density at radius 3 is 2.48 bits per heavy atom. The third kappa shape index (κ3) is 3.67. The molecule has 1 fully saturated rings. The van der Waals surface area contributed by atoms with Gasteiger partial charge < -0.3 is 10.0 Å². The Hall–Kier alpha value is -2.00. The number of carboxylic acid groups (broad SMARTS) is 1. The molecular formula is C16H21FN2O5S. The van der Waals surface area contributed by atoms with Crippen LogP contribution in [-0.2, 0) is 14.8 Å². The molecule has 138 valence electrons. The molecule has 2 rings (SSSR count). The van der Waals surface area contributed by atoms with E-state index in [9.17, 15) is 22.4 Å². The highest BCUT2D eigenvalue weighted by molar-refractivity contribution is 7.89. The van der Waals surface area contributed by atoms with Gasteiger partial charge in [0.2, 0.25) is 15.7 Å². The summed E-state index contributed by atoms with van der Waals surface area (Å²) >= 11 is 0. The minimum atomic E-state index is -3.72. The topological polar surface area (TPSA) is 95.0 Å². The number of carbonyl (C=O) groups is 2. The van der Waals surface area contributed by atoms with Crippen LogP contribution in [0.1, 0.15) is 30.6 Å². The zero-order valence-electron chi connectivity index (χ0n) is 14.1. The Labute approximate surface area is 146 Å². The van der Waals surface area contributed by atoms with E-state index >= 15 is 0 Å². The van der Waals surface area contributed by atoms with Crippen LogP contribution in [0.25, 0.3) is 0 Å². The summed E-state index contributed by atoms with van der Waals surface area (Å²) in [4.78, 5) is 24.5.